The number of aromatic amines is 1. The third-order valence-electron chi connectivity index (χ3n) is 5.85. The fourth-order valence-corrected chi connectivity index (χ4v) is 3.75. The third kappa shape index (κ3) is 5.10. The highest BCUT2D eigenvalue weighted by Gasteiger charge is 2.45. The van der Waals surface area contributed by atoms with Crippen LogP contribution in [0.4, 0.5) is 17.6 Å². The van der Waals surface area contributed by atoms with Crippen LogP contribution in [0.5, 0.6) is 0 Å². The lowest BCUT2D eigenvalue weighted by Gasteiger charge is -2.20. The van der Waals surface area contributed by atoms with Gasteiger partial charge in [-0.15, -0.1) is 0 Å². The van der Waals surface area contributed by atoms with E-state index in [4.69, 9.17) is 9.90 Å². The van der Waals surface area contributed by atoms with Gasteiger partial charge in [0, 0.05) is 49.1 Å². The zero-order valence-corrected chi connectivity index (χ0v) is 17.1. The normalized spacial score (nSPS) is 22.4. The predicted molar refractivity (Wildman–Crippen MR) is 103 cm³/mol. The van der Waals surface area contributed by atoms with E-state index in [0.717, 1.165) is 42.3 Å². The summed E-state index contributed by atoms with van der Waals surface area (Å²) in [6, 6.07) is 0. The van der Waals surface area contributed by atoms with Crippen LogP contribution in [0.25, 0.3) is 11.3 Å². The van der Waals surface area contributed by atoms with Crippen LogP contribution < -0.4 is 0 Å². The standard InChI is InChI=1S/C18H22FN5O.C2HF3O2/c19-15-7-14(15)18(25)23-5-3-13-16(4-6-23)21-22-17(13)12-8-20-24(10-12)9-11-1-2-11;3-2(4,5)1(6)7/h8,10-11,14-15H,1-7,9H2,(H,21,22);(H,6,7)/t14-,15-;/m1./s1. The van der Waals surface area contributed by atoms with Gasteiger partial charge in [0.05, 0.1) is 17.8 Å². The Bertz CT molecular complexity index is 998. The van der Waals surface area contributed by atoms with E-state index in [1.54, 1.807) is 0 Å². The van der Waals surface area contributed by atoms with Gasteiger partial charge >= 0.3 is 12.1 Å². The first-order valence-electron chi connectivity index (χ1n) is 10.5. The summed E-state index contributed by atoms with van der Waals surface area (Å²) in [6.07, 6.45) is 2.44. The molecule has 12 heteroatoms. The van der Waals surface area contributed by atoms with Gasteiger partial charge < -0.3 is 10.0 Å². The van der Waals surface area contributed by atoms with Gasteiger partial charge in [0.15, 0.2) is 0 Å². The molecule has 0 bridgehead atoms. The summed E-state index contributed by atoms with van der Waals surface area (Å²) in [7, 11) is 0. The maximum atomic E-state index is 13.2. The van der Waals surface area contributed by atoms with E-state index >= 15 is 0 Å². The minimum atomic E-state index is -5.08. The van der Waals surface area contributed by atoms with Gasteiger partial charge in [-0.05, 0) is 31.6 Å². The molecule has 2 aromatic rings. The highest BCUT2D eigenvalue weighted by Crippen LogP contribution is 2.36. The van der Waals surface area contributed by atoms with Crippen LogP contribution in [0, 0.1) is 11.8 Å². The summed E-state index contributed by atoms with van der Waals surface area (Å²) in [5.41, 5.74) is 4.24. The summed E-state index contributed by atoms with van der Waals surface area (Å²) in [5, 5.41) is 19.2. The van der Waals surface area contributed by atoms with Crippen LogP contribution in [-0.4, -0.2) is 67.3 Å². The van der Waals surface area contributed by atoms with Crippen LogP contribution in [0.1, 0.15) is 30.5 Å². The number of carbonyl (C=O) groups excluding carboxylic acids is 1. The summed E-state index contributed by atoms with van der Waals surface area (Å²) < 4.78 is 46.9. The van der Waals surface area contributed by atoms with E-state index in [1.165, 1.54) is 18.4 Å². The topological polar surface area (TPSA) is 104 Å². The van der Waals surface area contributed by atoms with Crippen molar-refractivity contribution in [2.45, 2.75) is 51.0 Å². The molecule has 0 unspecified atom stereocenters. The first-order valence-corrected chi connectivity index (χ1v) is 10.5. The van der Waals surface area contributed by atoms with Gasteiger partial charge in [-0.2, -0.15) is 23.4 Å². The number of halogens is 4. The van der Waals surface area contributed by atoms with Crippen LogP contribution in [-0.2, 0) is 29.0 Å². The summed E-state index contributed by atoms with van der Waals surface area (Å²) >= 11 is 0. The molecule has 0 saturated heterocycles. The maximum absolute atomic E-state index is 13.2. The van der Waals surface area contributed by atoms with Crippen molar-refractivity contribution in [3.63, 3.8) is 0 Å². The number of alkyl halides is 4. The molecule has 2 atom stereocenters. The molecule has 3 heterocycles. The molecular formula is C20H23F4N5O3. The summed E-state index contributed by atoms with van der Waals surface area (Å²) in [4.78, 5) is 23.0. The number of hydrogen-bond donors (Lipinski definition) is 2. The second-order valence-corrected chi connectivity index (χ2v) is 8.41. The third-order valence-corrected chi connectivity index (χ3v) is 5.85. The molecule has 5 rings (SSSR count). The van der Waals surface area contributed by atoms with E-state index in [1.807, 2.05) is 15.8 Å². The van der Waals surface area contributed by atoms with Crippen molar-refractivity contribution in [1.82, 2.24) is 24.9 Å². The van der Waals surface area contributed by atoms with Crippen molar-refractivity contribution in [2.75, 3.05) is 13.1 Å². The molecule has 32 heavy (non-hydrogen) atoms. The molecule has 2 N–H and O–H groups in total. The highest BCUT2D eigenvalue weighted by molar-refractivity contribution is 5.82. The number of H-pyrrole nitrogens is 1. The lowest BCUT2D eigenvalue weighted by Crippen LogP contribution is -2.35. The van der Waals surface area contributed by atoms with Gasteiger partial charge in [0.25, 0.3) is 0 Å². The Kier molecular flexibility index (Phi) is 5.95. The van der Waals surface area contributed by atoms with E-state index in [2.05, 4.69) is 21.5 Å². The maximum Gasteiger partial charge on any atom is 0.490 e. The Morgan fingerprint density at radius 2 is 1.88 bits per heavy atom. The number of carbonyl (C=O) groups is 2. The van der Waals surface area contributed by atoms with Gasteiger partial charge in [-0.25, -0.2) is 9.18 Å². The van der Waals surface area contributed by atoms with Crippen molar-refractivity contribution in [2.24, 2.45) is 11.8 Å². The van der Waals surface area contributed by atoms with Crippen molar-refractivity contribution in [3.8, 4) is 11.3 Å². The minimum Gasteiger partial charge on any atom is -0.475 e. The molecule has 0 radical (unpaired) electrons. The summed E-state index contributed by atoms with van der Waals surface area (Å²) in [6.45, 7) is 2.26. The fourth-order valence-electron chi connectivity index (χ4n) is 3.75. The lowest BCUT2D eigenvalue weighted by molar-refractivity contribution is -0.192. The van der Waals surface area contributed by atoms with Crippen molar-refractivity contribution >= 4 is 11.9 Å². The first-order chi connectivity index (χ1) is 15.1. The molecule has 3 aliphatic rings. The van der Waals surface area contributed by atoms with E-state index < -0.39 is 24.2 Å². The SMILES string of the molecule is O=C(O)C(F)(F)F.O=C([C@@H]1C[C@H]1F)N1CCc2[nH]nc(-c3cnn(CC4CC4)c3)c2CC1. The number of nitrogens with zero attached hydrogens (tertiary/aromatic N) is 4. The zero-order chi connectivity index (χ0) is 23.0. The monoisotopic (exact) mass is 457 g/mol. The molecule has 1 amide bonds. The Hall–Kier alpha value is -2.92. The van der Waals surface area contributed by atoms with Crippen molar-refractivity contribution in [1.29, 1.82) is 0 Å². The second kappa shape index (κ2) is 8.55. The Balaban J connectivity index is 0.000000307. The van der Waals surface area contributed by atoms with Gasteiger partial charge in [-0.1, -0.05) is 0 Å². The van der Waals surface area contributed by atoms with E-state index in [-0.39, 0.29) is 5.91 Å². The van der Waals surface area contributed by atoms with Crippen LogP contribution >= 0.6 is 0 Å². The first kappa shape index (κ1) is 22.3. The zero-order valence-electron chi connectivity index (χ0n) is 17.1. The molecule has 8 nitrogen and oxygen atoms in total. The van der Waals surface area contributed by atoms with Crippen LogP contribution in [0.3, 0.4) is 0 Å². The average Bonchev–Trinajstić information content (AvgIpc) is 3.60. The van der Waals surface area contributed by atoms with E-state index in [0.29, 0.717) is 19.5 Å². The number of carboxylic acid groups (broad SMARTS) is 1. The number of rotatable bonds is 4. The Morgan fingerprint density at radius 3 is 2.47 bits per heavy atom. The molecule has 174 valence electrons. The quantitative estimate of drug-likeness (QED) is 0.687. The average molecular weight is 457 g/mol. The largest absolute Gasteiger partial charge is 0.490 e. The molecule has 2 aromatic heterocycles. The number of amides is 1. The van der Waals surface area contributed by atoms with Crippen molar-refractivity contribution < 1.29 is 32.3 Å². The lowest BCUT2D eigenvalue weighted by atomic mass is 10.1. The molecule has 2 saturated carbocycles. The number of hydrogen-bond acceptors (Lipinski definition) is 4. The van der Waals surface area contributed by atoms with Crippen LogP contribution in [0.2, 0.25) is 0 Å². The number of aliphatic carboxylic acids is 1. The van der Waals surface area contributed by atoms with Gasteiger partial charge in [0.2, 0.25) is 5.91 Å². The molecule has 0 aromatic carbocycles. The Morgan fingerprint density at radius 1 is 1.22 bits per heavy atom. The number of aromatic nitrogens is 4. The molecule has 1 aliphatic heterocycles. The van der Waals surface area contributed by atoms with Gasteiger partial charge in [-0.3, -0.25) is 14.6 Å². The fraction of sp³-hybridized carbons (Fsp3) is 0.600. The highest BCUT2D eigenvalue weighted by atomic mass is 19.4. The molecular weight excluding hydrogens is 434 g/mol. The van der Waals surface area contributed by atoms with Crippen LogP contribution in [0.15, 0.2) is 12.4 Å². The predicted octanol–water partition coefficient (Wildman–Crippen LogP) is 2.60. The summed E-state index contributed by atoms with van der Waals surface area (Å²) in [5.74, 6) is -2.39. The number of carboxylic acids is 1. The second-order valence-electron chi connectivity index (χ2n) is 8.41. The number of nitrogens with one attached hydrogen (secondary N) is 1. The Labute approximate surface area is 180 Å². The van der Waals surface area contributed by atoms with Crippen molar-refractivity contribution in [3.05, 3.63) is 23.7 Å². The number of fused-ring (bicyclic) bond motifs is 1. The minimum absolute atomic E-state index is 0.0237. The molecule has 0 spiro atoms. The molecule has 2 fully saturated rings. The molecule has 2 aliphatic carbocycles. The van der Waals surface area contributed by atoms with E-state index in [9.17, 15) is 22.4 Å². The smallest absolute Gasteiger partial charge is 0.475 e. The van der Waals surface area contributed by atoms with Gasteiger partial charge in [0.1, 0.15) is 6.17 Å².